The number of carbonyl (C=O) groups excluding carboxylic acids is 1. The van der Waals surface area contributed by atoms with Gasteiger partial charge in [0.25, 0.3) is 5.56 Å². The van der Waals surface area contributed by atoms with Gasteiger partial charge in [-0.2, -0.15) is 0 Å². The molecule has 1 aliphatic rings. The molecule has 154 valence electrons. The number of aryl methyl sites for hydroxylation is 2. The molecular weight excluding hydrogens is 390 g/mol. The summed E-state index contributed by atoms with van der Waals surface area (Å²) < 4.78 is 1.83. The Morgan fingerprint density at radius 3 is 2.68 bits per heavy atom. The molecule has 2 aromatic rings. The molecule has 0 saturated heterocycles. The number of hydrogen-bond acceptors (Lipinski definition) is 5. The Hall–Kier alpha value is -1.34. The molecule has 1 unspecified atom stereocenters. The highest BCUT2D eigenvalue weighted by Gasteiger charge is 2.26. The van der Waals surface area contributed by atoms with E-state index >= 15 is 0 Å². The van der Waals surface area contributed by atoms with Crippen molar-refractivity contribution in [3.8, 4) is 0 Å². The fraction of sp³-hybridized carbons (Fsp3) is 0.667. The lowest BCUT2D eigenvalue weighted by molar-refractivity contribution is -0.129. The molecule has 0 N–H and O–H groups in total. The summed E-state index contributed by atoms with van der Waals surface area (Å²) in [5, 5.41) is 1.27. The van der Waals surface area contributed by atoms with Gasteiger partial charge < -0.3 is 4.90 Å². The van der Waals surface area contributed by atoms with E-state index in [1.54, 1.807) is 11.3 Å². The van der Waals surface area contributed by atoms with Gasteiger partial charge in [0.15, 0.2) is 5.16 Å². The average molecular weight is 422 g/mol. The quantitative estimate of drug-likeness (QED) is 0.340. The minimum absolute atomic E-state index is 0.0884. The summed E-state index contributed by atoms with van der Waals surface area (Å²) in [4.78, 5) is 35.0. The number of thioether (sulfide) groups is 1. The summed E-state index contributed by atoms with van der Waals surface area (Å²) >= 11 is 3.10. The van der Waals surface area contributed by atoms with E-state index in [4.69, 9.17) is 4.98 Å². The Labute approximate surface area is 175 Å². The first-order valence-electron chi connectivity index (χ1n) is 10.5. The number of thiophene rings is 1. The normalized spacial score (nSPS) is 14.4. The van der Waals surface area contributed by atoms with Crippen molar-refractivity contribution in [1.82, 2.24) is 14.5 Å². The van der Waals surface area contributed by atoms with Gasteiger partial charge in [-0.05, 0) is 52.0 Å². The second-order valence-corrected chi connectivity index (χ2v) is 9.76. The molecule has 7 heteroatoms. The first kappa shape index (κ1) is 21.4. The molecular formula is C21H31N3O2S2. The van der Waals surface area contributed by atoms with Crippen LogP contribution in [0.2, 0.25) is 0 Å². The van der Waals surface area contributed by atoms with Gasteiger partial charge in [0.2, 0.25) is 5.91 Å². The zero-order valence-corrected chi connectivity index (χ0v) is 19.0. The van der Waals surface area contributed by atoms with E-state index in [2.05, 4.69) is 6.92 Å². The summed E-state index contributed by atoms with van der Waals surface area (Å²) in [5.74, 6) is 0.109. The fourth-order valence-electron chi connectivity index (χ4n) is 3.87. The molecule has 2 heterocycles. The second kappa shape index (κ2) is 9.44. The van der Waals surface area contributed by atoms with Crippen LogP contribution in [0, 0.1) is 0 Å². The van der Waals surface area contributed by atoms with Crippen molar-refractivity contribution in [2.75, 3.05) is 13.1 Å². The predicted molar refractivity (Wildman–Crippen MR) is 119 cm³/mol. The van der Waals surface area contributed by atoms with Crippen LogP contribution in [0.5, 0.6) is 0 Å². The molecule has 3 rings (SSSR count). The first-order chi connectivity index (χ1) is 13.5. The van der Waals surface area contributed by atoms with Gasteiger partial charge in [-0.25, -0.2) is 4.98 Å². The monoisotopic (exact) mass is 421 g/mol. The van der Waals surface area contributed by atoms with E-state index in [1.165, 1.54) is 22.2 Å². The first-order valence-corrected chi connectivity index (χ1v) is 12.2. The van der Waals surface area contributed by atoms with Crippen molar-refractivity contribution >= 4 is 39.2 Å². The lowest BCUT2D eigenvalue weighted by Gasteiger charge is -2.23. The zero-order chi connectivity index (χ0) is 20.3. The van der Waals surface area contributed by atoms with Gasteiger partial charge in [0, 0.05) is 24.5 Å². The summed E-state index contributed by atoms with van der Waals surface area (Å²) in [7, 11) is 0. The van der Waals surface area contributed by atoms with E-state index in [9.17, 15) is 9.59 Å². The molecule has 0 fully saturated rings. The number of rotatable bonds is 9. The minimum Gasteiger partial charge on any atom is -0.342 e. The smallest absolute Gasteiger partial charge is 0.263 e. The van der Waals surface area contributed by atoms with E-state index < -0.39 is 0 Å². The predicted octanol–water partition coefficient (Wildman–Crippen LogP) is 4.49. The van der Waals surface area contributed by atoms with Gasteiger partial charge in [0.05, 0.1) is 10.6 Å². The maximum Gasteiger partial charge on any atom is 0.263 e. The molecule has 28 heavy (non-hydrogen) atoms. The maximum absolute atomic E-state index is 13.4. The lowest BCUT2D eigenvalue weighted by Crippen LogP contribution is -2.36. The van der Waals surface area contributed by atoms with Gasteiger partial charge in [-0.15, -0.1) is 11.3 Å². The SMILES string of the molecule is CCCCCn1c(SC(C)C(=O)N(CC)CC)nc2sc3c(c2c1=O)CCC3. The minimum atomic E-state index is -0.256. The van der Waals surface area contributed by atoms with E-state index in [-0.39, 0.29) is 16.7 Å². The number of nitrogens with zero attached hydrogens (tertiary/aromatic N) is 3. The lowest BCUT2D eigenvalue weighted by atomic mass is 10.2. The highest BCUT2D eigenvalue weighted by atomic mass is 32.2. The molecule has 0 bridgehead atoms. The van der Waals surface area contributed by atoms with Crippen LogP contribution in [0.4, 0.5) is 0 Å². The molecule has 2 aromatic heterocycles. The molecule has 0 saturated carbocycles. The van der Waals surface area contributed by atoms with Gasteiger partial charge in [-0.1, -0.05) is 31.5 Å². The van der Waals surface area contributed by atoms with Crippen LogP contribution in [0.25, 0.3) is 10.2 Å². The Kier molecular flexibility index (Phi) is 7.20. The highest BCUT2D eigenvalue weighted by molar-refractivity contribution is 8.00. The summed E-state index contributed by atoms with van der Waals surface area (Å²) in [6.45, 7) is 10.2. The number of amides is 1. The Balaban J connectivity index is 1.98. The van der Waals surface area contributed by atoms with E-state index in [0.717, 1.165) is 48.7 Å². The third kappa shape index (κ3) is 4.15. The van der Waals surface area contributed by atoms with Crippen molar-refractivity contribution in [3.05, 3.63) is 20.8 Å². The van der Waals surface area contributed by atoms with E-state index in [0.29, 0.717) is 24.8 Å². The molecule has 0 spiro atoms. The van der Waals surface area contributed by atoms with Crippen LogP contribution in [-0.2, 0) is 24.2 Å². The van der Waals surface area contributed by atoms with Crippen molar-refractivity contribution < 1.29 is 4.79 Å². The second-order valence-electron chi connectivity index (χ2n) is 7.37. The Morgan fingerprint density at radius 1 is 1.25 bits per heavy atom. The number of hydrogen-bond donors (Lipinski definition) is 0. The zero-order valence-electron chi connectivity index (χ0n) is 17.4. The molecule has 0 aliphatic heterocycles. The molecule has 1 aliphatic carbocycles. The van der Waals surface area contributed by atoms with Crippen LogP contribution in [-0.4, -0.2) is 38.7 Å². The van der Waals surface area contributed by atoms with Crippen LogP contribution in [0.15, 0.2) is 9.95 Å². The summed E-state index contributed by atoms with van der Waals surface area (Å²) in [6.07, 6.45) is 6.34. The van der Waals surface area contributed by atoms with Gasteiger partial charge >= 0.3 is 0 Å². The standard InChI is InChI=1S/C21H31N3O2S2/c1-5-8-9-13-24-20(26)17-15-11-10-12-16(15)28-18(17)22-21(24)27-14(4)19(25)23(6-2)7-3/h14H,5-13H2,1-4H3. The van der Waals surface area contributed by atoms with E-state index in [1.807, 2.05) is 30.2 Å². The number of carbonyl (C=O) groups is 1. The third-order valence-corrected chi connectivity index (χ3v) is 7.74. The van der Waals surface area contributed by atoms with Gasteiger partial charge in [-0.3, -0.25) is 14.2 Å². The molecule has 0 radical (unpaired) electrons. The topological polar surface area (TPSA) is 55.2 Å². The molecule has 5 nitrogen and oxygen atoms in total. The summed E-state index contributed by atoms with van der Waals surface area (Å²) in [6, 6.07) is 0. The number of unbranched alkanes of at least 4 members (excludes halogenated alkanes) is 2. The Bertz CT molecular complexity index is 899. The average Bonchev–Trinajstić information content (AvgIpc) is 3.25. The number of fused-ring (bicyclic) bond motifs is 3. The summed E-state index contributed by atoms with van der Waals surface area (Å²) in [5.41, 5.74) is 1.32. The van der Waals surface area contributed by atoms with Crippen molar-refractivity contribution in [3.63, 3.8) is 0 Å². The van der Waals surface area contributed by atoms with Crippen molar-refractivity contribution in [2.24, 2.45) is 0 Å². The Morgan fingerprint density at radius 2 is 2.00 bits per heavy atom. The molecule has 1 amide bonds. The van der Waals surface area contributed by atoms with Gasteiger partial charge in [0.1, 0.15) is 4.83 Å². The van der Waals surface area contributed by atoms with Crippen LogP contribution in [0.1, 0.15) is 63.8 Å². The van der Waals surface area contributed by atoms with Crippen molar-refractivity contribution in [2.45, 2.75) is 83.2 Å². The number of aromatic nitrogens is 2. The fourth-order valence-corrected chi connectivity index (χ4v) is 6.19. The van der Waals surface area contributed by atoms with Crippen LogP contribution < -0.4 is 5.56 Å². The highest BCUT2D eigenvalue weighted by Crippen LogP contribution is 2.36. The third-order valence-electron chi connectivity index (χ3n) is 5.48. The van der Waals surface area contributed by atoms with Crippen LogP contribution >= 0.6 is 23.1 Å². The maximum atomic E-state index is 13.4. The largest absolute Gasteiger partial charge is 0.342 e. The molecule has 1 atom stereocenters. The molecule has 0 aromatic carbocycles. The van der Waals surface area contributed by atoms with Crippen molar-refractivity contribution in [1.29, 1.82) is 0 Å². The van der Waals surface area contributed by atoms with Crippen LogP contribution in [0.3, 0.4) is 0 Å².